The summed E-state index contributed by atoms with van der Waals surface area (Å²) in [6, 6.07) is 43.1. The highest BCUT2D eigenvalue weighted by Crippen LogP contribution is 2.33. The second-order valence-corrected chi connectivity index (χ2v) is 8.18. The van der Waals surface area contributed by atoms with Crippen molar-refractivity contribution >= 4 is 21.8 Å². The van der Waals surface area contributed by atoms with E-state index in [-0.39, 0.29) is 0 Å². The van der Waals surface area contributed by atoms with Gasteiger partial charge in [-0.1, -0.05) is 60.7 Å². The molecule has 34 heavy (non-hydrogen) atoms. The van der Waals surface area contributed by atoms with Crippen LogP contribution in [-0.2, 0) is 0 Å². The van der Waals surface area contributed by atoms with Gasteiger partial charge < -0.3 is 9.30 Å². The number of benzene rings is 5. The van der Waals surface area contributed by atoms with E-state index in [4.69, 9.17) is 10.00 Å². The molecule has 0 aliphatic heterocycles. The fraction of sp³-hybridized carbons (Fsp3) is 0. The SMILES string of the molecule is N#Cc1ccc(Oc2ccc(-c3ccc(-n4c5ccccc5c5ccccc54)cc3)cc2)cc1. The maximum atomic E-state index is 8.93. The molecule has 0 N–H and O–H groups in total. The number of para-hydroxylation sites is 2. The van der Waals surface area contributed by atoms with Crippen molar-refractivity contribution in [2.75, 3.05) is 0 Å². The average molecular weight is 437 g/mol. The Morgan fingerprint density at radius 3 is 1.53 bits per heavy atom. The molecule has 0 fully saturated rings. The van der Waals surface area contributed by atoms with Crippen LogP contribution in [0.5, 0.6) is 11.5 Å². The van der Waals surface area contributed by atoms with E-state index in [2.05, 4.69) is 95.6 Å². The summed E-state index contributed by atoms with van der Waals surface area (Å²) in [6.45, 7) is 0. The van der Waals surface area contributed by atoms with Gasteiger partial charge in [-0.25, -0.2) is 0 Å². The lowest BCUT2D eigenvalue weighted by atomic mass is 10.1. The van der Waals surface area contributed by atoms with Gasteiger partial charge in [0.15, 0.2) is 0 Å². The topological polar surface area (TPSA) is 37.9 Å². The smallest absolute Gasteiger partial charge is 0.127 e. The van der Waals surface area contributed by atoms with Crippen LogP contribution >= 0.6 is 0 Å². The number of fused-ring (bicyclic) bond motifs is 3. The molecule has 160 valence electrons. The highest BCUT2D eigenvalue weighted by Gasteiger charge is 2.11. The van der Waals surface area contributed by atoms with Crippen LogP contribution in [0.2, 0.25) is 0 Å². The fourth-order valence-corrected chi connectivity index (χ4v) is 4.45. The predicted octanol–water partition coefficient (Wildman–Crippen LogP) is 8.11. The molecule has 3 heteroatoms. The highest BCUT2D eigenvalue weighted by atomic mass is 16.5. The Labute approximate surface area is 197 Å². The van der Waals surface area contributed by atoms with Crippen LogP contribution in [0.1, 0.15) is 5.56 Å². The molecular weight excluding hydrogens is 416 g/mol. The van der Waals surface area contributed by atoms with E-state index >= 15 is 0 Å². The summed E-state index contributed by atoms with van der Waals surface area (Å²) in [6.07, 6.45) is 0. The van der Waals surface area contributed by atoms with Gasteiger partial charge in [-0.15, -0.1) is 0 Å². The maximum absolute atomic E-state index is 8.93. The van der Waals surface area contributed by atoms with Gasteiger partial charge in [0.05, 0.1) is 22.7 Å². The number of hydrogen-bond donors (Lipinski definition) is 0. The Bertz CT molecular complexity index is 1600. The van der Waals surface area contributed by atoms with Crippen LogP contribution in [0.4, 0.5) is 0 Å². The molecule has 1 aromatic heterocycles. The van der Waals surface area contributed by atoms with Gasteiger partial charge in [0, 0.05) is 16.5 Å². The molecule has 0 radical (unpaired) electrons. The van der Waals surface area contributed by atoms with Crippen molar-refractivity contribution in [3.63, 3.8) is 0 Å². The zero-order valence-corrected chi connectivity index (χ0v) is 18.3. The van der Waals surface area contributed by atoms with Crippen molar-refractivity contribution in [2.24, 2.45) is 0 Å². The first-order chi connectivity index (χ1) is 16.8. The van der Waals surface area contributed by atoms with Gasteiger partial charge in [-0.05, 0) is 71.8 Å². The summed E-state index contributed by atoms with van der Waals surface area (Å²) < 4.78 is 8.23. The van der Waals surface area contributed by atoms with Crippen LogP contribution in [0, 0.1) is 11.3 Å². The molecule has 0 unspecified atom stereocenters. The first-order valence-corrected chi connectivity index (χ1v) is 11.2. The van der Waals surface area contributed by atoms with Gasteiger partial charge >= 0.3 is 0 Å². The summed E-state index contributed by atoms with van der Waals surface area (Å²) in [4.78, 5) is 0. The molecule has 0 bridgehead atoms. The van der Waals surface area contributed by atoms with Crippen molar-refractivity contribution in [1.29, 1.82) is 5.26 Å². The highest BCUT2D eigenvalue weighted by molar-refractivity contribution is 6.09. The van der Waals surface area contributed by atoms with Gasteiger partial charge in [0.2, 0.25) is 0 Å². The summed E-state index contributed by atoms with van der Waals surface area (Å²) in [5, 5.41) is 11.5. The Balaban J connectivity index is 1.29. The Hall–Kier alpha value is -4.81. The molecule has 0 saturated heterocycles. The van der Waals surface area contributed by atoms with Gasteiger partial charge in [-0.2, -0.15) is 5.26 Å². The van der Waals surface area contributed by atoms with E-state index in [1.54, 1.807) is 24.3 Å². The molecule has 5 aromatic carbocycles. The monoisotopic (exact) mass is 436 g/mol. The van der Waals surface area contributed by atoms with Crippen LogP contribution in [-0.4, -0.2) is 4.57 Å². The zero-order valence-electron chi connectivity index (χ0n) is 18.3. The van der Waals surface area contributed by atoms with Crippen molar-refractivity contribution < 1.29 is 4.74 Å². The molecule has 6 rings (SSSR count). The third-order valence-electron chi connectivity index (χ3n) is 6.11. The first kappa shape index (κ1) is 19.8. The lowest BCUT2D eigenvalue weighted by Gasteiger charge is -2.10. The second kappa shape index (κ2) is 8.27. The van der Waals surface area contributed by atoms with Crippen LogP contribution in [0.15, 0.2) is 121 Å². The predicted molar refractivity (Wildman–Crippen MR) is 137 cm³/mol. The molecule has 0 amide bonds. The molecule has 0 spiro atoms. The number of rotatable bonds is 4. The Morgan fingerprint density at radius 1 is 0.529 bits per heavy atom. The van der Waals surface area contributed by atoms with E-state index in [0.717, 1.165) is 22.6 Å². The molecule has 6 aromatic rings. The summed E-state index contributed by atoms with van der Waals surface area (Å²) in [5.41, 5.74) is 6.45. The largest absolute Gasteiger partial charge is 0.457 e. The molecular formula is C31H20N2O. The molecule has 0 aliphatic rings. The lowest BCUT2D eigenvalue weighted by Crippen LogP contribution is -1.93. The Morgan fingerprint density at radius 2 is 1.00 bits per heavy atom. The van der Waals surface area contributed by atoms with Crippen molar-refractivity contribution in [3.05, 3.63) is 127 Å². The van der Waals surface area contributed by atoms with Crippen molar-refractivity contribution in [2.45, 2.75) is 0 Å². The van der Waals surface area contributed by atoms with E-state index < -0.39 is 0 Å². The normalized spacial score (nSPS) is 10.9. The van der Waals surface area contributed by atoms with Crippen LogP contribution < -0.4 is 4.74 Å². The molecule has 0 atom stereocenters. The van der Waals surface area contributed by atoms with E-state index in [9.17, 15) is 0 Å². The quantitative estimate of drug-likeness (QED) is 0.280. The number of ether oxygens (including phenoxy) is 1. The number of nitriles is 1. The lowest BCUT2D eigenvalue weighted by molar-refractivity contribution is 0.482. The van der Waals surface area contributed by atoms with E-state index in [1.807, 2.05) is 12.1 Å². The molecule has 3 nitrogen and oxygen atoms in total. The van der Waals surface area contributed by atoms with Gasteiger partial charge in [0.1, 0.15) is 11.5 Å². The van der Waals surface area contributed by atoms with E-state index in [1.165, 1.54) is 21.8 Å². The first-order valence-electron chi connectivity index (χ1n) is 11.2. The summed E-state index contributed by atoms with van der Waals surface area (Å²) in [7, 11) is 0. The van der Waals surface area contributed by atoms with Crippen molar-refractivity contribution in [3.8, 4) is 34.4 Å². The van der Waals surface area contributed by atoms with Crippen molar-refractivity contribution in [1.82, 2.24) is 4.57 Å². The van der Waals surface area contributed by atoms with Gasteiger partial charge in [-0.3, -0.25) is 0 Å². The second-order valence-electron chi connectivity index (χ2n) is 8.18. The minimum atomic E-state index is 0.618. The molecule has 0 aliphatic carbocycles. The third kappa shape index (κ3) is 3.48. The Kier molecular flexibility index (Phi) is 4.83. The van der Waals surface area contributed by atoms with E-state index in [0.29, 0.717) is 11.3 Å². The fourth-order valence-electron chi connectivity index (χ4n) is 4.45. The number of nitrogens with zero attached hydrogens (tertiary/aromatic N) is 2. The third-order valence-corrected chi connectivity index (χ3v) is 6.11. The number of hydrogen-bond acceptors (Lipinski definition) is 2. The summed E-state index contributed by atoms with van der Waals surface area (Å²) in [5.74, 6) is 1.47. The van der Waals surface area contributed by atoms with Crippen LogP contribution in [0.25, 0.3) is 38.6 Å². The standard InChI is InChI=1S/C31H20N2O/c32-21-22-9-17-26(18-10-22)34-27-19-13-24(14-20-27)23-11-15-25(16-12-23)33-30-7-3-1-5-28(30)29-6-2-4-8-31(29)33/h1-20H. The minimum Gasteiger partial charge on any atom is -0.457 e. The maximum Gasteiger partial charge on any atom is 0.127 e. The van der Waals surface area contributed by atoms with Gasteiger partial charge in [0.25, 0.3) is 0 Å². The average Bonchev–Trinajstić information content (AvgIpc) is 3.24. The van der Waals surface area contributed by atoms with Crippen LogP contribution in [0.3, 0.4) is 0 Å². The number of aromatic nitrogens is 1. The minimum absolute atomic E-state index is 0.618. The molecule has 1 heterocycles. The zero-order chi connectivity index (χ0) is 22.9. The summed E-state index contributed by atoms with van der Waals surface area (Å²) >= 11 is 0. The molecule has 0 saturated carbocycles.